The van der Waals surface area contributed by atoms with Gasteiger partial charge in [-0.1, -0.05) is 6.07 Å². The minimum atomic E-state index is -4.58. The molecule has 3 heterocycles. The Balaban J connectivity index is 1.80. The van der Waals surface area contributed by atoms with Crippen LogP contribution >= 0.6 is 0 Å². The monoisotopic (exact) mass is 482 g/mol. The lowest BCUT2D eigenvalue weighted by atomic mass is 9.99. The first-order valence-corrected chi connectivity index (χ1v) is 11.2. The predicted molar refractivity (Wildman–Crippen MR) is 128 cm³/mol. The minimum Gasteiger partial charge on any atom is -0.325 e. The number of alkyl halides is 3. The standard InChI is InChI=1S/C25H27F3N7/c1-23(2,3)35(4,5)21-14-20(32-19-13-16(9-12-30-19)24(15-29)10-11-24)33-22(34-21)17-7-6-8-18(31-17)25(26,27)28/h6-9,12-14H,10-11H2,1-5H3,(H,30,32,33,34)/q+1. The van der Waals surface area contributed by atoms with Gasteiger partial charge in [-0.3, -0.25) is 4.48 Å². The molecule has 0 spiro atoms. The maximum Gasteiger partial charge on any atom is 0.433 e. The van der Waals surface area contributed by atoms with Gasteiger partial charge in [-0.15, -0.1) is 0 Å². The summed E-state index contributed by atoms with van der Waals surface area (Å²) >= 11 is 0. The average molecular weight is 483 g/mol. The summed E-state index contributed by atoms with van der Waals surface area (Å²) in [6.45, 7) is 6.14. The third-order valence-electron chi connectivity index (χ3n) is 6.76. The van der Waals surface area contributed by atoms with E-state index in [2.05, 4.69) is 31.3 Å². The normalized spacial score (nSPS) is 15.4. The van der Waals surface area contributed by atoms with Crippen LogP contribution in [-0.4, -0.2) is 39.6 Å². The second-order valence-electron chi connectivity index (χ2n) is 10.2. The number of hydrogen-bond donors (Lipinski definition) is 1. The van der Waals surface area contributed by atoms with Crippen molar-refractivity contribution in [3.05, 3.63) is 53.9 Å². The molecule has 0 amide bonds. The highest BCUT2D eigenvalue weighted by atomic mass is 19.4. The van der Waals surface area contributed by atoms with Gasteiger partial charge in [0, 0.05) is 6.20 Å². The van der Waals surface area contributed by atoms with Crippen LogP contribution in [-0.2, 0) is 11.6 Å². The lowest BCUT2D eigenvalue weighted by Gasteiger charge is -2.40. The summed E-state index contributed by atoms with van der Waals surface area (Å²) in [6.07, 6.45) is -1.36. The molecule has 1 fully saturated rings. The highest BCUT2D eigenvalue weighted by molar-refractivity contribution is 5.63. The van der Waals surface area contributed by atoms with Gasteiger partial charge in [-0.25, -0.2) is 15.0 Å². The summed E-state index contributed by atoms with van der Waals surface area (Å²) < 4.78 is 40.2. The molecule has 0 bridgehead atoms. The SMILES string of the molecule is CC(C)(C)[N+](C)(C)c1cc(Nc2cc(C3(C#N)CC3)ccn2)nc(-c2cccc(C(F)(F)F)n2)n1. The van der Waals surface area contributed by atoms with Crippen LogP contribution in [0.1, 0.15) is 44.9 Å². The second-order valence-corrected chi connectivity index (χ2v) is 10.2. The summed E-state index contributed by atoms with van der Waals surface area (Å²) in [5.74, 6) is 1.51. The van der Waals surface area contributed by atoms with Crippen molar-refractivity contribution in [1.82, 2.24) is 24.4 Å². The third-order valence-corrected chi connectivity index (χ3v) is 6.76. The van der Waals surface area contributed by atoms with Crippen LogP contribution < -0.4 is 9.80 Å². The highest BCUT2D eigenvalue weighted by Crippen LogP contribution is 2.47. The van der Waals surface area contributed by atoms with E-state index in [4.69, 9.17) is 0 Å². The molecule has 1 N–H and O–H groups in total. The minimum absolute atomic E-state index is 0.0155. The van der Waals surface area contributed by atoms with Crippen LogP contribution in [0.15, 0.2) is 42.6 Å². The molecule has 10 heteroatoms. The van der Waals surface area contributed by atoms with Crippen molar-refractivity contribution in [2.24, 2.45) is 0 Å². The Bertz CT molecular complexity index is 1300. The number of anilines is 2. The molecular weight excluding hydrogens is 455 g/mol. The van der Waals surface area contributed by atoms with E-state index in [1.165, 1.54) is 12.1 Å². The zero-order chi connectivity index (χ0) is 25.6. The van der Waals surface area contributed by atoms with Crippen LogP contribution in [0, 0.1) is 11.3 Å². The molecule has 1 saturated carbocycles. The molecule has 7 nitrogen and oxygen atoms in total. The lowest BCUT2D eigenvalue weighted by Crippen LogP contribution is -2.56. The third kappa shape index (κ3) is 4.82. The maximum atomic E-state index is 13.3. The van der Waals surface area contributed by atoms with Gasteiger partial charge < -0.3 is 5.32 Å². The number of nitrogens with one attached hydrogen (secondary N) is 1. The van der Waals surface area contributed by atoms with Gasteiger partial charge in [0.2, 0.25) is 5.82 Å². The van der Waals surface area contributed by atoms with Gasteiger partial charge in [0.15, 0.2) is 5.82 Å². The Labute approximate surface area is 202 Å². The molecule has 0 radical (unpaired) electrons. The molecule has 0 atom stereocenters. The van der Waals surface area contributed by atoms with E-state index >= 15 is 0 Å². The van der Waals surface area contributed by atoms with Crippen LogP contribution in [0.3, 0.4) is 0 Å². The smallest absolute Gasteiger partial charge is 0.325 e. The molecular formula is C25H27F3N7+. The Morgan fingerprint density at radius 2 is 1.71 bits per heavy atom. The number of nitrogens with zero attached hydrogens (tertiary/aromatic N) is 6. The molecule has 3 aromatic heterocycles. The van der Waals surface area contributed by atoms with Crippen molar-refractivity contribution >= 4 is 17.5 Å². The van der Waals surface area contributed by atoms with Crippen molar-refractivity contribution in [1.29, 1.82) is 5.26 Å². The summed E-state index contributed by atoms with van der Waals surface area (Å²) in [4.78, 5) is 17.2. The number of rotatable bonds is 5. The van der Waals surface area contributed by atoms with Crippen LogP contribution in [0.2, 0.25) is 0 Å². The molecule has 35 heavy (non-hydrogen) atoms. The second kappa shape index (κ2) is 8.27. The number of hydrogen-bond acceptors (Lipinski definition) is 6. The number of halogens is 3. The maximum absolute atomic E-state index is 13.3. The number of quaternary nitrogens is 1. The van der Waals surface area contributed by atoms with E-state index < -0.39 is 17.3 Å². The first-order valence-electron chi connectivity index (χ1n) is 11.2. The number of aromatic nitrogens is 4. The molecule has 1 aliphatic carbocycles. The van der Waals surface area contributed by atoms with Crippen LogP contribution in [0.5, 0.6) is 0 Å². The molecule has 4 rings (SSSR count). The zero-order valence-electron chi connectivity index (χ0n) is 20.3. The topological polar surface area (TPSA) is 87.4 Å². The van der Waals surface area contributed by atoms with E-state index in [0.29, 0.717) is 21.9 Å². The Morgan fingerprint density at radius 3 is 2.31 bits per heavy atom. The fourth-order valence-electron chi connectivity index (χ4n) is 3.48. The van der Waals surface area contributed by atoms with E-state index in [9.17, 15) is 18.4 Å². The van der Waals surface area contributed by atoms with Crippen molar-refractivity contribution in [2.45, 2.75) is 50.7 Å². The summed E-state index contributed by atoms with van der Waals surface area (Å²) in [5, 5.41) is 12.7. The summed E-state index contributed by atoms with van der Waals surface area (Å²) in [7, 11) is 3.94. The average Bonchev–Trinajstić information content (AvgIpc) is 3.59. The van der Waals surface area contributed by atoms with E-state index in [-0.39, 0.29) is 17.1 Å². The van der Waals surface area contributed by atoms with Gasteiger partial charge >= 0.3 is 6.18 Å². The fraction of sp³-hybridized carbons (Fsp3) is 0.400. The largest absolute Gasteiger partial charge is 0.433 e. The van der Waals surface area contributed by atoms with E-state index in [0.717, 1.165) is 24.5 Å². The lowest BCUT2D eigenvalue weighted by molar-refractivity contribution is -0.141. The van der Waals surface area contributed by atoms with Gasteiger partial charge in [-0.05, 0) is 63.4 Å². The Hall–Kier alpha value is -3.58. The van der Waals surface area contributed by atoms with Crippen molar-refractivity contribution in [2.75, 3.05) is 19.4 Å². The van der Waals surface area contributed by atoms with Gasteiger partial charge in [-0.2, -0.15) is 23.4 Å². The first-order chi connectivity index (χ1) is 16.2. The molecule has 1 aliphatic rings. The molecule has 182 valence electrons. The first kappa shape index (κ1) is 24.5. The van der Waals surface area contributed by atoms with Crippen molar-refractivity contribution in [3.8, 4) is 17.6 Å². The molecule has 0 saturated heterocycles. The zero-order valence-corrected chi connectivity index (χ0v) is 20.3. The van der Waals surface area contributed by atoms with E-state index in [1.807, 2.05) is 47.0 Å². The Kier molecular flexibility index (Phi) is 5.80. The quantitative estimate of drug-likeness (QED) is 0.475. The van der Waals surface area contributed by atoms with E-state index in [1.54, 1.807) is 12.3 Å². The van der Waals surface area contributed by atoms with Gasteiger partial charge in [0.05, 0.1) is 37.2 Å². The van der Waals surface area contributed by atoms with Crippen LogP contribution in [0.25, 0.3) is 11.5 Å². The van der Waals surface area contributed by atoms with Gasteiger partial charge in [0.1, 0.15) is 23.0 Å². The highest BCUT2D eigenvalue weighted by Gasteiger charge is 2.45. The van der Waals surface area contributed by atoms with Gasteiger partial charge in [0.25, 0.3) is 0 Å². The molecule has 3 aromatic rings. The summed E-state index contributed by atoms with van der Waals surface area (Å²) in [5.41, 5.74) is -0.871. The predicted octanol–water partition coefficient (Wildman–Crippen LogP) is 5.62. The number of pyridine rings is 2. The van der Waals surface area contributed by atoms with Crippen LogP contribution in [0.4, 0.5) is 30.6 Å². The van der Waals surface area contributed by atoms with Crippen molar-refractivity contribution in [3.63, 3.8) is 0 Å². The molecule has 0 unspecified atom stereocenters. The van der Waals surface area contributed by atoms with Crippen molar-refractivity contribution < 1.29 is 13.2 Å². The fourth-order valence-corrected chi connectivity index (χ4v) is 3.48. The summed E-state index contributed by atoms with van der Waals surface area (Å²) in [6, 6.07) is 11.4. The number of nitriles is 1. The Morgan fingerprint density at radius 1 is 1.00 bits per heavy atom. The molecule has 0 aliphatic heterocycles. The molecule has 0 aromatic carbocycles.